The maximum absolute atomic E-state index is 12.7. The number of rotatable bonds is 2. The van der Waals surface area contributed by atoms with Crippen LogP contribution in [0.2, 0.25) is 0 Å². The topological polar surface area (TPSA) is 57.6 Å². The molecule has 0 bridgehead atoms. The van der Waals surface area contributed by atoms with Crippen LogP contribution >= 0.6 is 0 Å². The van der Waals surface area contributed by atoms with Gasteiger partial charge in [-0.25, -0.2) is 8.42 Å². The molecule has 0 aromatic heterocycles. The van der Waals surface area contributed by atoms with Crippen molar-refractivity contribution >= 4 is 10.0 Å². The van der Waals surface area contributed by atoms with Crippen molar-refractivity contribution in [3.8, 4) is 0 Å². The van der Waals surface area contributed by atoms with Gasteiger partial charge in [0, 0.05) is 13.1 Å². The van der Waals surface area contributed by atoms with Gasteiger partial charge in [-0.05, 0) is 38.0 Å². The molecule has 2 rings (SSSR count). The van der Waals surface area contributed by atoms with Crippen molar-refractivity contribution in [2.75, 3.05) is 13.1 Å². The maximum Gasteiger partial charge on any atom is 0.416 e. The molecule has 1 aliphatic rings. The van der Waals surface area contributed by atoms with Crippen LogP contribution < -0.4 is 0 Å². The van der Waals surface area contributed by atoms with Gasteiger partial charge in [0.1, 0.15) is 0 Å². The zero-order chi connectivity index (χ0) is 15.9. The molecule has 1 aliphatic heterocycles. The average molecular weight is 323 g/mol. The summed E-state index contributed by atoms with van der Waals surface area (Å²) >= 11 is 0. The van der Waals surface area contributed by atoms with Crippen LogP contribution in [0, 0.1) is 0 Å². The van der Waals surface area contributed by atoms with Gasteiger partial charge in [0.2, 0.25) is 10.0 Å². The average Bonchev–Trinajstić information content (AvgIpc) is 2.37. The first-order valence-electron chi connectivity index (χ1n) is 6.42. The highest BCUT2D eigenvalue weighted by atomic mass is 32.2. The van der Waals surface area contributed by atoms with Gasteiger partial charge in [-0.3, -0.25) is 0 Å². The van der Waals surface area contributed by atoms with Crippen molar-refractivity contribution in [1.82, 2.24) is 4.31 Å². The smallest absolute Gasteiger partial charge is 0.390 e. The predicted octanol–water partition coefficient (Wildman–Crippen LogP) is 2.24. The molecule has 1 aromatic carbocycles. The standard InChI is InChI=1S/C13H16F3NO3S/c1-12(18)5-7-17(8-6-12)21(19,20)11-4-2-3-10(9-11)13(14,15)16/h2-4,9,18H,5-8H2,1H3. The van der Waals surface area contributed by atoms with Crippen LogP contribution in [-0.2, 0) is 16.2 Å². The number of nitrogens with zero attached hydrogens (tertiary/aromatic N) is 1. The van der Waals surface area contributed by atoms with Crippen molar-refractivity contribution in [3.05, 3.63) is 29.8 Å². The molecule has 0 amide bonds. The van der Waals surface area contributed by atoms with E-state index in [1.165, 1.54) is 0 Å². The summed E-state index contributed by atoms with van der Waals surface area (Å²) in [5.41, 5.74) is -1.92. The monoisotopic (exact) mass is 323 g/mol. The molecule has 118 valence electrons. The summed E-state index contributed by atoms with van der Waals surface area (Å²) in [4.78, 5) is -0.376. The predicted molar refractivity (Wildman–Crippen MR) is 70.1 cm³/mol. The first-order valence-corrected chi connectivity index (χ1v) is 7.86. The molecule has 1 saturated heterocycles. The number of alkyl halides is 3. The minimum absolute atomic E-state index is 0.0889. The van der Waals surface area contributed by atoms with Crippen LogP contribution in [-0.4, -0.2) is 36.5 Å². The van der Waals surface area contributed by atoms with Gasteiger partial charge in [-0.15, -0.1) is 0 Å². The second-order valence-electron chi connectivity index (χ2n) is 5.43. The van der Waals surface area contributed by atoms with Gasteiger partial charge < -0.3 is 5.11 Å². The zero-order valence-electron chi connectivity index (χ0n) is 11.4. The van der Waals surface area contributed by atoms with E-state index >= 15 is 0 Å². The second-order valence-corrected chi connectivity index (χ2v) is 7.36. The SMILES string of the molecule is CC1(O)CCN(S(=O)(=O)c2cccc(C(F)(F)F)c2)CC1. The molecule has 0 spiro atoms. The fourth-order valence-corrected chi connectivity index (χ4v) is 3.68. The van der Waals surface area contributed by atoms with Gasteiger partial charge in [0.25, 0.3) is 0 Å². The molecular formula is C13H16F3NO3S. The Morgan fingerprint density at radius 2 is 1.81 bits per heavy atom. The van der Waals surface area contributed by atoms with E-state index in [1.54, 1.807) is 6.92 Å². The zero-order valence-corrected chi connectivity index (χ0v) is 12.2. The summed E-state index contributed by atoms with van der Waals surface area (Å²) in [6.45, 7) is 1.79. The summed E-state index contributed by atoms with van der Waals surface area (Å²) < 4.78 is 63.8. The summed E-state index contributed by atoms with van der Waals surface area (Å²) in [5.74, 6) is 0. The number of aliphatic hydroxyl groups is 1. The molecule has 1 heterocycles. The molecule has 1 fully saturated rings. The summed E-state index contributed by atoms with van der Waals surface area (Å²) in [6.07, 6.45) is -4.08. The van der Waals surface area contributed by atoms with Crippen molar-refractivity contribution < 1.29 is 26.7 Å². The van der Waals surface area contributed by atoms with Crippen molar-refractivity contribution in [2.45, 2.75) is 36.4 Å². The van der Waals surface area contributed by atoms with E-state index in [-0.39, 0.29) is 30.8 Å². The molecule has 0 radical (unpaired) electrons. The fourth-order valence-electron chi connectivity index (χ4n) is 2.19. The van der Waals surface area contributed by atoms with Crippen LogP contribution in [0.25, 0.3) is 0 Å². The normalized spacial score (nSPS) is 20.4. The van der Waals surface area contributed by atoms with Crippen LogP contribution in [0.4, 0.5) is 13.2 Å². The molecule has 0 aliphatic carbocycles. The molecule has 0 unspecified atom stereocenters. The van der Waals surface area contributed by atoms with E-state index in [0.29, 0.717) is 6.07 Å². The number of sulfonamides is 1. The lowest BCUT2D eigenvalue weighted by atomic mass is 9.95. The van der Waals surface area contributed by atoms with Crippen LogP contribution in [0.1, 0.15) is 25.3 Å². The fraction of sp³-hybridized carbons (Fsp3) is 0.538. The third-order valence-electron chi connectivity index (χ3n) is 3.60. The van der Waals surface area contributed by atoms with Gasteiger partial charge >= 0.3 is 6.18 Å². The van der Waals surface area contributed by atoms with E-state index in [1.807, 2.05) is 0 Å². The highest BCUT2D eigenvalue weighted by Gasteiger charge is 2.36. The second kappa shape index (κ2) is 5.26. The molecule has 1 aromatic rings. The molecule has 8 heteroatoms. The highest BCUT2D eigenvalue weighted by Crippen LogP contribution is 2.32. The number of piperidine rings is 1. The summed E-state index contributed by atoms with van der Waals surface area (Å²) in [5, 5.41) is 9.81. The van der Waals surface area contributed by atoms with Crippen LogP contribution in [0.3, 0.4) is 0 Å². The van der Waals surface area contributed by atoms with Crippen molar-refractivity contribution in [3.63, 3.8) is 0 Å². The number of halogens is 3. The highest BCUT2D eigenvalue weighted by molar-refractivity contribution is 7.89. The lowest BCUT2D eigenvalue weighted by Crippen LogP contribution is -2.45. The molecule has 1 N–H and O–H groups in total. The first kappa shape index (κ1) is 16.3. The molecule has 0 atom stereocenters. The Morgan fingerprint density at radius 1 is 1.24 bits per heavy atom. The number of benzene rings is 1. The van der Waals surface area contributed by atoms with Crippen LogP contribution in [0.5, 0.6) is 0 Å². The Morgan fingerprint density at radius 3 is 2.33 bits per heavy atom. The van der Waals surface area contributed by atoms with Gasteiger partial charge in [-0.2, -0.15) is 17.5 Å². The van der Waals surface area contributed by atoms with E-state index < -0.39 is 27.4 Å². The van der Waals surface area contributed by atoms with Gasteiger partial charge in [0.05, 0.1) is 16.1 Å². The Hall–Kier alpha value is -1.12. The third-order valence-corrected chi connectivity index (χ3v) is 5.49. The number of hydrogen-bond acceptors (Lipinski definition) is 3. The Balaban J connectivity index is 2.29. The third kappa shape index (κ3) is 3.56. The van der Waals surface area contributed by atoms with Gasteiger partial charge in [-0.1, -0.05) is 6.07 Å². The van der Waals surface area contributed by atoms with Crippen LogP contribution in [0.15, 0.2) is 29.2 Å². The van der Waals surface area contributed by atoms with E-state index in [0.717, 1.165) is 22.5 Å². The lowest BCUT2D eigenvalue weighted by Gasteiger charge is -2.35. The molecule has 0 saturated carbocycles. The number of hydrogen-bond donors (Lipinski definition) is 1. The Kier molecular flexibility index (Phi) is 4.07. The van der Waals surface area contributed by atoms with Crippen molar-refractivity contribution in [1.29, 1.82) is 0 Å². The van der Waals surface area contributed by atoms with E-state index in [9.17, 15) is 26.7 Å². The quantitative estimate of drug-likeness (QED) is 0.908. The summed E-state index contributed by atoms with van der Waals surface area (Å²) in [6, 6.07) is 3.70. The van der Waals surface area contributed by atoms with E-state index in [4.69, 9.17) is 0 Å². The maximum atomic E-state index is 12.7. The summed E-state index contributed by atoms with van der Waals surface area (Å²) in [7, 11) is -3.97. The first-order chi connectivity index (χ1) is 9.52. The van der Waals surface area contributed by atoms with E-state index in [2.05, 4.69) is 0 Å². The Bertz CT molecular complexity index is 616. The lowest BCUT2D eigenvalue weighted by molar-refractivity contribution is -0.137. The molecular weight excluding hydrogens is 307 g/mol. The Labute approximate surface area is 121 Å². The molecule has 4 nitrogen and oxygen atoms in total. The minimum Gasteiger partial charge on any atom is -0.390 e. The molecule has 21 heavy (non-hydrogen) atoms. The van der Waals surface area contributed by atoms with Crippen molar-refractivity contribution in [2.24, 2.45) is 0 Å². The largest absolute Gasteiger partial charge is 0.416 e. The van der Waals surface area contributed by atoms with Gasteiger partial charge in [0.15, 0.2) is 0 Å². The minimum atomic E-state index is -4.59.